The lowest BCUT2D eigenvalue weighted by atomic mass is 10.1. The summed E-state index contributed by atoms with van der Waals surface area (Å²) in [5.41, 5.74) is 0. The maximum Gasteiger partial charge on any atom is 0.238 e. The summed E-state index contributed by atoms with van der Waals surface area (Å²) in [5.74, 6) is 0.116. The largest absolute Gasteiger partial charge is 0.377 e. The summed E-state index contributed by atoms with van der Waals surface area (Å²) < 4.78 is 5.58. The number of ether oxygens (including phenoxy) is 1. The smallest absolute Gasteiger partial charge is 0.238 e. The van der Waals surface area contributed by atoms with E-state index in [0.717, 1.165) is 19.6 Å². The van der Waals surface area contributed by atoms with E-state index in [0.29, 0.717) is 0 Å². The second kappa shape index (κ2) is 6.08. The minimum atomic E-state index is -0.120. The van der Waals surface area contributed by atoms with Crippen LogP contribution in [-0.4, -0.2) is 50.2 Å². The van der Waals surface area contributed by atoms with Gasteiger partial charge in [0, 0.05) is 27.2 Å². The molecule has 1 heterocycles. The summed E-state index contributed by atoms with van der Waals surface area (Å²) in [6.07, 6.45) is 3.80. The molecule has 0 spiro atoms. The number of hydrogen-bond acceptors (Lipinski definition) is 3. The van der Waals surface area contributed by atoms with E-state index in [9.17, 15) is 4.79 Å². The molecule has 15 heavy (non-hydrogen) atoms. The number of nitrogens with zero attached hydrogens (tertiary/aromatic N) is 1. The second-order valence-corrected chi connectivity index (χ2v) is 4.35. The van der Waals surface area contributed by atoms with Crippen LogP contribution < -0.4 is 5.32 Å². The molecule has 0 aliphatic carbocycles. The first kappa shape index (κ1) is 12.5. The van der Waals surface area contributed by atoms with Crippen LogP contribution in [0.2, 0.25) is 0 Å². The fourth-order valence-electron chi connectivity index (χ4n) is 1.75. The predicted octanol–water partition coefficient (Wildman–Crippen LogP) is 0.622. The van der Waals surface area contributed by atoms with Crippen molar-refractivity contribution < 1.29 is 9.53 Å². The monoisotopic (exact) mass is 214 g/mol. The van der Waals surface area contributed by atoms with Crippen LogP contribution in [0.5, 0.6) is 0 Å². The highest BCUT2D eigenvalue weighted by Crippen LogP contribution is 2.11. The lowest BCUT2D eigenvalue weighted by Gasteiger charge is -2.25. The van der Waals surface area contributed by atoms with E-state index in [1.54, 1.807) is 19.0 Å². The van der Waals surface area contributed by atoms with E-state index in [1.807, 2.05) is 6.92 Å². The van der Waals surface area contributed by atoms with Crippen LogP contribution in [0.3, 0.4) is 0 Å². The summed E-state index contributed by atoms with van der Waals surface area (Å²) in [7, 11) is 3.55. The first-order valence-corrected chi connectivity index (χ1v) is 5.67. The van der Waals surface area contributed by atoms with Gasteiger partial charge in [0.05, 0.1) is 12.1 Å². The fraction of sp³-hybridized carbons (Fsp3) is 0.909. The number of likely N-dealkylation sites (N-methyl/N-ethyl adjacent to an activating group) is 1. The van der Waals surface area contributed by atoms with E-state index in [4.69, 9.17) is 4.74 Å². The van der Waals surface area contributed by atoms with E-state index in [2.05, 4.69) is 5.32 Å². The minimum absolute atomic E-state index is 0.116. The van der Waals surface area contributed by atoms with Gasteiger partial charge in [-0.15, -0.1) is 0 Å². The molecule has 88 valence electrons. The molecule has 1 amide bonds. The van der Waals surface area contributed by atoms with Gasteiger partial charge in [0.2, 0.25) is 5.91 Å². The number of nitrogens with one attached hydrogen (secondary N) is 1. The van der Waals surface area contributed by atoms with Gasteiger partial charge >= 0.3 is 0 Å². The van der Waals surface area contributed by atoms with Crippen LogP contribution in [0.4, 0.5) is 0 Å². The highest BCUT2D eigenvalue weighted by molar-refractivity contribution is 5.80. The number of amides is 1. The molecule has 1 aliphatic heterocycles. The summed E-state index contributed by atoms with van der Waals surface area (Å²) >= 11 is 0. The Balaban J connectivity index is 2.20. The van der Waals surface area contributed by atoms with Crippen molar-refractivity contribution in [3.63, 3.8) is 0 Å². The zero-order valence-corrected chi connectivity index (χ0v) is 9.95. The Morgan fingerprint density at radius 1 is 1.53 bits per heavy atom. The van der Waals surface area contributed by atoms with Crippen LogP contribution >= 0.6 is 0 Å². The lowest BCUT2D eigenvalue weighted by molar-refractivity contribution is -0.130. The average Bonchev–Trinajstić information content (AvgIpc) is 2.26. The molecule has 1 aliphatic rings. The molecule has 1 rings (SSSR count). The van der Waals surface area contributed by atoms with Crippen molar-refractivity contribution in [2.75, 3.05) is 27.2 Å². The van der Waals surface area contributed by atoms with Gasteiger partial charge in [-0.05, 0) is 26.2 Å². The normalized spacial score (nSPS) is 23.5. The standard InChI is InChI=1S/C11H22N2O2/c1-9(11(14)13(2)3)12-8-10-6-4-5-7-15-10/h9-10,12H,4-8H2,1-3H3. The van der Waals surface area contributed by atoms with Gasteiger partial charge in [0.25, 0.3) is 0 Å². The topological polar surface area (TPSA) is 41.6 Å². The molecule has 0 aromatic carbocycles. The molecule has 0 aromatic heterocycles. The van der Waals surface area contributed by atoms with E-state index in [1.165, 1.54) is 12.8 Å². The third kappa shape index (κ3) is 4.18. The molecule has 1 saturated heterocycles. The molecule has 0 aromatic rings. The van der Waals surface area contributed by atoms with Gasteiger partial charge in [0.1, 0.15) is 0 Å². The van der Waals surface area contributed by atoms with Crippen molar-refractivity contribution in [1.82, 2.24) is 10.2 Å². The molecular weight excluding hydrogens is 192 g/mol. The minimum Gasteiger partial charge on any atom is -0.377 e. The van der Waals surface area contributed by atoms with Gasteiger partial charge in [-0.1, -0.05) is 0 Å². The van der Waals surface area contributed by atoms with Crippen molar-refractivity contribution in [2.24, 2.45) is 0 Å². The molecule has 2 atom stereocenters. The van der Waals surface area contributed by atoms with E-state index < -0.39 is 0 Å². The van der Waals surface area contributed by atoms with Crippen molar-refractivity contribution >= 4 is 5.91 Å². The summed E-state index contributed by atoms with van der Waals surface area (Å²) in [4.78, 5) is 13.1. The van der Waals surface area contributed by atoms with Crippen LogP contribution in [-0.2, 0) is 9.53 Å². The second-order valence-electron chi connectivity index (χ2n) is 4.35. The van der Waals surface area contributed by atoms with Crippen molar-refractivity contribution in [3.05, 3.63) is 0 Å². The molecule has 4 heteroatoms. The fourth-order valence-corrected chi connectivity index (χ4v) is 1.75. The highest BCUT2D eigenvalue weighted by Gasteiger charge is 2.18. The maximum absolute atomic E-state index is 11.5. The third-order valence-corrected chi connectivity index (χ3v) is 2.74. The number of rotatable bonds is 4. The molecule has 0 saturated carbocycles. The Labute approximate surface area is 92.0 Å². The van der Waals surface area contributed by atoms with Gasteiger partial charge in [-0.2, -0.15) is 0 Å². The molecule has 0 radical (unpaired) electrons. The van der Waals surface area contributed by atoms with Gasteiger partial charge in [0.15, 0.2) is 0 Å². The Kier molecular flexibility index (Phi) is 5.05. The first-order valence-electron chi connectivity index (χ1n) is 5.67. The number of hydrogen-bond donors (Lipinski definition) is 1. The predicted molar refractivity (Wildman–Crippen MR) is 59.7 cm³/mol. The van der Waals surface area contributed by atoms with Crippen LogP contribution in [0, 0.1) is 0 Å². The Morgan fingerprint density at radius 3 is 2.80 bits per heavy atom. The van der Waals surface area contributed by atoms with E-state index >= 15 is 0 Å². The zero-order valence-electron chi connectivity index (χ0n) is 9.95. The molecule has 1 N–H and O–H groups in total. The highest BCUT2D eigenvalue weighted by atomic mass is 16.5. The van der Waals surface area contributed by atoms with Crippen molar-refractivity contribution in [3.8, 4) is 0 Å². The van der Waals surface area contributed by atoms with Gasteiger partial charge < -0.3 is 15.0 Å². The van der Waals surface area contributed by atoms with E-state index in [-0.39, 0.29) is 18.1 Å². The van der Waals surface area contributed by atoms with Crippen LogP contribution in [0.1, 0.15) is 26.2 Å². The Morgan fingerprint density at radius 2 is 2.27 bits per heavy atom. The quantitative estimate of drug-likeness (QED) is 0.746. The Hall–Kier alpha value is -0.610. The average molecular weight is 214 g/mol. The van der Waals surface area contributed by atoms with Crippen LogP contribution in [0.25, 0.3) is 0 Å². The third-order valence-electron chi connectivity index (χ3n) is 2.74. The zero-order chi connectivity index (χ0) is 11.3. The van der Waals surface area contributed by atoms with Crippen LogP contribution in [0.15, 0.2) is 0 Å². The van der Waals surface area contributed by atoms with Crippen molar-refractivity contribution in [2.45, 2.75) is 38.3 Å². The molecule has 4 nitrogen and oxygen atoms in total. The number of carbonyl (C=O) groups is 1. The first-order chi connectivity index (χ1) is 7.11. The SMILES string of the molecule is CC(NCC1CCCCO1)C(=O)N(C)C. The summed E-state index contributed by atoms with van der Waals surface area (Å²) in [6, 6.07) is -0.120. The molecular formula is C11H22N2O2. The number of carbonyl (C=O) groups excluding carboxylic acids is 1. The van der Waals surface area contributed by atoms with Gasteiger partial charge in [-0.25, -0.2) is 0 Å². The summed E-state index contributed by atoms with van der Waals surface area (Å²) in [5, 5.41) is 3.22. The van der Waals surface area contributed by atoms with Gasteiger partial charge in [-0.3, -0.25) is 4.79 Å². The molecule has 2 unspecified atom stereocenters. The maximum atomic E-state index is 11.5. The lowest BCUT2D eigenvalue weighted by Crippen LogP contribution is -2.45. The van der Waals surface area contributed by atoms with Crippen molar-refractivity contribution in [1.29, 1.82) is 0 Å². The molecule has 0 bridgehead atoms. The molecule has 1 fully saturated rings. The Bertz CT molecular complexity index is 201. The summed E-state index contributed by atoms with van der Waals surface area (Å²) in [6.45, 7) is 3.54.